The van der Waals surface area contributed by atoms with Gasteiger partial charge in [0.1, 0.15) is 17.5 Å². The number of carboxylic acids is 2. The van der Waals surface area contributed by atoms with E-state index in [4.69, 9.17) is 10.2 Å². The summed E-state index contributed by atoms with van der Waals surface area (Å²) in [5, 5.41) is 28.9. The number of fused-ring (bicyclic) bond motifs is 3. The molecular formula is C19H22FN3O6S. The molecule has 0 radical (unpaired) electrons. The van der Waals surface area contributed by atoms with E-state index < -0.39 is 29.3 Å². The van der Waals surface area contributed by atoms with Crippen LogP contribution < -0.4 is 15.6 Å². The molecule has 0 bridgehead atoms. The van der Waals surface area contributed by atoms with E-state index in [2.05, 4.69) is 5.32 Å². The van der Waals surface area contributed by atoms with Gasteiger partial charge in [0.05, 0.1) is 21.6 Å². The van der Waals surface area contributed by atoms with E-state index in [1.54, 1.807) is 6.07 Å². The molecule has 0 amide bonds. The van der Waals surface area contributed by atoms with Crippen molar-refractivity contribution in [3.63, 3.8) is 0 Å². The van der Waals surface area contributed by atoms with Gasteiger partial charge in [0, 0.05) is 31.6 Å². The summed E-state index contributed by atoms with van der Waals surface area (Å²) in [4.78, 5) is 35.4. The van der Waals surface area contributed by atoms with Gasteiger partial charge in [0.15, 0.2) is 0 Å². The Bertz CT molecular complexity index is 1060. The van der Waals surface area contributed by atoms with Gasteiger partial charge in [-0.15, -0.1) is 0 Å². The van der Waals surface area contributed by atoms with Crippen molar-refractivity contribution in [2.45, 2.75) is 30.4 Å². The number of halogens is 1. The van der Waals surface area contributed by atoms with Crippen molar-refractivity contribution in [2.24, 2.45) is 0 Å². The van der Waals surface area contributed by atoms with Gasteiger partial charge in [-0.05, 0) is 26.0 Å². The number of aliphatic carboxylic acids is 1. The number of rotatable bonds is 3. The van der Waals surface area contributed by atoms with Gasteiger partial charge < -0.3 is 30.1 Å². The molecule has 11 heteroatoms. The zero-order valence-electron chi connectivity index (χ0n) is 16.4. The minimum atomic E-state index is -1.27. The summed E-state index contributed by atoms with van der Waals surface area (Å²) < 4.78 is 16.4. The number of hydrogen-bond donors (Lipinski definition) is 4. The highest BCUT2D eigenvalue weighted by Gasteiger charge is 2.33. The number of aromatic nitrogens is 1. The number of benzene rings is 1. The Hall–Kier alpha value is -2.63. The van der Waals surface area contributed by atoms with Crippen LogP contribution in [0.15, 0.2) is 22.0 Å². The highest BCUT2D eigenvalue weighted by Crippen LogP contribution is 2.46. The van der Waals surface area contributed by atoms with Gasteiger partial charge in [0.25, 0.3) is 0 Å². The summed E-state index contributed by atoms with van der Waals surface area (Å²) in [5.41, 5.74) is 0.181. The second-order valence-corrected chi connectivity index (χ2v) is 8.28. The minimum Gasteiger partial charge on any atom is -0.479 e. The molecule has 2 atom stereocenters. The first-order valence-electron chi connectivity index (χ1n) is 9.31. The monoisotopic (exact) mass is 439 g/mol. The average molecular weight is 439 g/mol. The van der Waals surface area contributed by atoms with Crippen molar-refractivity contribution in [1.29, 1.82) is 0 Å². The Kier molecular flexibility index (Phi) is 6.34. The van der Waals surface area contributed by atoms with Gasteiger partial charge in [-0.2, -0.15) is 0 Å². The summed E-state index contributed by atoms with van der Waals surface area (Å²) in [6.45, 7) is 6.07. The Morgan fingerprint density at radius 3 is 2.37 bits per heavy atom. The van der Waals surface area contributed by atoms with E-state index in [9.17, 15) is 23.9 Å². The van der Waals surface area contributed by atoms with Crippen LogP contribution in [-0.4, -0.2) is 64.1 Å². The third-order valence-corrected chi connectivity index (χ3v) is 6.08. The lowest BCUT2D eigenvalue weighted by atomic mass is 10.1. The molecule has 30 heavy (non-hydrogen) atoms. The van der Waals surface area contributed by atoms with Crippen LogP contribution in [0.5, 0.6) is 0 Å². The van der Waals surface area contributed by atoms with E-state index in [0.29, 0.717) is 29.3 Å². The Balaban J connectivity index is 0.000000377. The molecule has 1 aromatic heterocycles. The van der Waals surface area contributed by atoms with Crippen LogP contribution in [0.25, 0.3) is 10.9 Å². The Morgan fingerprint density at radius 2 is 1.87 bits per heavy atom. The van der Waals surface area contributed by atoms with E-state index in [0.717, 1.165) is 13.1 Å². The molecule has 0 saturated carbocycles. The number of hydrogen-bond acceptors (Lipinski definition) is 7. The SMILES string of the molecule is CC(O)C(=O)O.C[C@@H]1Sc2c(C(=O)O)c(=O)c3cc(F)c(N4CCNCC4)cc3n21. The topological polar surface area (TPSA) is 132 Å². The zero-order chi connectivity index (χ0) is 22.2. The maximum atomic E-state index is 14.6. The molecule has 3 heterocycles. The number of anilines is 1. The van der Waals surface area contributed by atoms with Crippen molar-refractivity contribution in [3.05, 3.63) is 33.7 Å². The van der Waals surface area contributed by atoms with Crippen molar-refractivity contribution in [2.75, 3.05) is 31.1 Å². The maximum Gasteiger partial charge on any atom is 0.342 e. The molecule has 2 aliphatic heterocycles. The smallest absolute Gasteiger partial charge is 0.342 e. The number of carboxylic acid groups (broad SMARTS) is 2. The first-order valence-corrected chi connectivity index (χ1v) is 10.2. The third-order valence-electron chi connectivity index (χ3n) is 4.90. The second-order valence-electron chi connectivity index (χ2n) is 6.97. The number of nitrogens with zero attached hydrogens (tertiary/aromatic N) is 2. The predicted molar refractivity (Wildman–Crippen MR) is 110 cm³/mol. The lowest BCUT2D eigenvalue weighted by Crippen LogP contribution is -2.44. The van der Waals surface area contributed by atoms with Crippen molar-refractivity contribution < 1.29 is 29.3 Å². The van der Waals surface area contributed by atoms with Crippen LogP contribution >= 0.6 is 11.8 Å². The number of carbonyl (C=O) groups is 2. The molecule has 1 unspecified atom stereocenters. The fourth-order valence-corrected chi connectivity index (χ4v) is 4.53. The summed E-state index contributed by atoms with van der Waals surface area (Å²) in [6.07, 6.45) is -1.23. The van der Waals surface area contributed by atoms with Crippen LogP contribution in [0.1, 0.15) is 29.6 Å². The maximum absolute atomic E-state index is 14.6. The van der Waals surface area contributed by atoms with Gasteiger partial charge in [-0.1, -0.05) is 11.8 Å². The molecule has 0 spiro atoms. The molecule has 9 nitrogen and oxygen atoms in total. The molecule has 4 N–H and O–H groups in total. The quantitative estimate of drug-likeness (QED) is 0.559. The molecule has 0 aliphatic carbocycles. The molecule has 4 rings (SSSR count). The highest BCUT2D eigenvalue weighted by atomic mass is 32.2. The average Bonchev–Trinajstić information content (AvgIpc) is 2.68. The molecule has 1 fully saturated rings. The minimum absolute atomic E-state index is 0.0162. The van der Waals surface area contributed by atoms with Crippen LogP contribution in [0.3, 0.4) is 0 Å². The van der Waals surface area contributed by atoms with Crippen LogP contribution in [0.2, 0.25) is 0 Å². The lowest BCUT2D eigenvalue weighted by Gasteiger charge is -2.34. The summed E-state index contributed by atoms with van der Waals surface area (Å²) >= 11 is 1.35. The third kappa shape index (κ3) is 4.00. The van der Waals surface area contributed by atoms with Crippen molar-refractivity contribution in [1.82, 2.24) is 9.88 Å². The molecule has 162 valence electrons. The summed E-state index contributed by atoms with van der Waals surface area (Å²) in [6, 6.07) is 2.87. The second kappa shape index (κ2) is 8.62. The number of aliphatic hydroxyl groups is 1. The van der Waals surface area contributed by atoms with Gasteiger partial charge in [-0.3, -0.25) is 4.79 Å². The Labute approximate surface area is 175 Å². The summed E-state index contributed by atoms with van der Waals surface area (Å²) in [7, 11) is 0. The number of thioether (sulfide) groups is 1. The van der Waals surface area contributed by atoms with Crippen LogP contribution in [0.4, 0.5) is 10.1 Å². The fourth-order valence-electron chi connectivity index (χ4n) is 3.37. The highest BCUT2D eigenvalue weighted by molar-refractivity contribution is 8.00. The van der Waals surface area contributed by atoms with E-state index in [1.165, 1.54) is 24.8 Å². The largest absolute Gasteiger partial charge is 0.479 e. The predicted octanol–water partition coefficient (Wildman–Crippen LogP) is 1.32. The van der Waals surface area contributed by atoms with E-state index >= 15 is 0 Å². The zero-order valence-corrected chi connectivity index (χ0v) is 17.2. The van der Waals surface area contributed by atoms with Crippen molar-refractivity contribution in [3.8, 4) is 0 Å². The number of nitrogens with one attached hydrogen (secondary N) is 1. The standard InChI is InChI=1S/C16H16FN3O3S.C3H6O3/c1-8-20-11-7-12(19-4-2-18-3-5-19)10(17)6-9(11)14(21)13(16(22)23)15(20)24-8;1-2(4)3(5)6/h6-8,18H,2-5H2,1H3,(H,22,23);2,4H,1H3,(H,5,6)/t8-;/m0./s1. The number of aromatic carboxylic acids is 1. The van der Waals surface area contributed by atoms with E-state index in [1.807, 2.05) is 16.4 Å². The van der Waals surface area contributed by atoms with Gasteiger partial charge >= 0.3 is 11.9 Å². The molecule has 2 aromatic rings. The van der Waals surface area contributed by atoms with Gasteiger partial charge in [-0.25, -0.2) is 14.0 Å². The molecule has 1 aromatic carbocycles. The van der Waals surface area contributed by atoms with Gasteiger partial charge in [0.2, 0.25) is 5.43 Å². The normalized spacial score (nSPS) is 18.7. The fraction of sp³-hybridized carbons (Fsp3) is 0.421. The van der Waals surface area contributed by atoms with Crippen LogP contribution in [0, 0.1) is 5.82 Å². The van der Waals surface area contributed by atoms with Crippen LogP contribution in [-0.2, 0) is 4.79 Å². The lowest BCUT2D eigenvalue weighted by molar-refractivity contribution is -0.145. The van der Waals surface area contributed by atoms with E-state index in [-0.39, 0.29) is 16.3 Å². The first-order chi connectivity index (χ1) is 14.1. The Morgan fingerprint density at radius 1 is 1.27 bits per heavy atom. The molecule has 1 saturated heterocycles. The number of piperazine rings is 1. The van der Waals surface area contributed by atoms with Crippen molar-refractivity contribution >= 4 is 40.3 Å². The molecule has 2 aliphatic rings. The number of aliphatic hydroxyl groups excluding tert-OH is 1. The first kappa shape index (κ1) is 22.1. The number of pyridine rings is 1. The summed E-state index contributed by atoms with van der Waals surface area (Å²) in [5.74, 6) is -2.94. The molecular weight excluding hydrogens is 417 g/mol.